The summed E-state index contributed by atoms with van der Waals surface area (Å²) in [6.07, 6.45) is 1.61. The van der Waals surface area contributed by atoms with Gasteiger partial charge in [0, 0.05) is 19.8 Å². The van der Waals surface area contributed by atoms with Crippen molar-refractivity contribution in [1.29, 1.82) is 0 Å². The lowest BCUT2D eigenvalue weighted by Gasteiger charge is -2.04. The number of carbonyl (C=O) groups excluding carboxylic acids is 3. The van der Waals surface area contributed by atoms with E-state index < -0.39 is 12.0 Å². The fourth-order valence-corrected chi connectivity index (χ4v) is 1.28. The molecule has 0 radical (unpaired) electrons. The smallest absolute Gasteiger partial charge is 0.309 e. The van der Waals surface area contributed by atoms with E-state index in [1.165, 1.54) is 18.2 Å². The molecule has 0 fully saturated rings. The maximum Gasteiger partial charge on any atom is 0.309 e. The number of aliphatic carboxylic acids is 1. The number of carboxylic acid groups (broad SMARTS) is 1. The highest BCUT2D eigenvalue weighted by atomic mass is 16.4. The first-order valence-electron chi connectivity index (χ1n) is 6.35. The summed E-state index contributed by atoms with van der Waals surface area (Å²) in [7, 11) is 0. The number of phenols is 2. The molecular formula is C14H20N2O7. The zero-order valence-corrected chi connectivity index (χ0v) is 12.6. The Bertz CT molecular complexity index is 504. The molecule has 23 heavy (non-hydrogen) atoms. The molecule has 0 aliphatic carbocycles. The van der Waals surface area contributed by atoms with Crippen LogP contribution in [0.1, 0.15) is 36.5 Å². The van der Waals surface area contributed by atoms with E-state index in [-0.39, 0.29) is 29.3 Å². The number of benzene rings is 1. The van der Waals surface area contributed by atoms with Crippen LogP contribution in [0.25, 0.3) is 0 Å². The fourth-order valence-electron chi connectivity index (χ4n) is 1.28. The highest BCUT2D eigenvalue weighted by Crippen LogP contribution is 2.27. The molecule has 0 heterocycles. The van der Waals surface area contributed by atoms with Crippen molar-refractivity contribution in [2.45, 2.75) is 26.2 Å². The summed E-state index contributed by atoms with van der Waals surface area (Å²) < 4.78 is 0. The molecule has 0 aromatic heterocycles. The molecule has 9 nitrogen and oxygen atoms in total. The van der Waals surface area contributed by atoms with E-state index >= 15 is 0 Å². The third kappa shape index (κ3) is 13.6. The van der Waals surface area contributed by atoms with E-state index in [1.807, 2.05) is 0 Å². The molecule has 7 N–H and O–H groups in total. The third-order valence-electron chi connectivity index (χ3n) is 2.03. The second-order valence-corrected chi connectivity index (χ2v) is 4.07. The van der Waals surface area contributed by atoms with Gasteiger partial charge < -0.3 is 31.6 Å². The number of carboxylic acids is 1. The highest BCUT2D eigenvalue weighted by Gasteiger charge is 2.14. The van der Waals surface area contributed by atoms with Gasteiger partial charge in [0.2, 0.25) is 0 Å². The van der Waals surface area contributed by atoms with E-state index in [0.717, 1.165) is 13.2 Å². The van der Waals surface area contributed by atoms with Gasteiger partial charge in [0.25, 0.3) is 5.97 Å². The number of ketones is 1. The summed E-state index contributed by atoms with van der Waals surface area (Å²) in [6.45, 7) is 1.08. The van der Waals surface area contributed by atoms with E-state index in [4.69, 9.17) is 14.7 Å². The SMILES string of the molecule is CC(=O)O.NC(N)=O.O=CCCCC(=O)c1c(O)cccc1O. The minimum atomic E-state index is -0.833. The van der Waals surface area contributed by atoms with Gasteiger partial charge >= 0.3 is 6.03 Å². The number of amides is 2. The molecule has 0 aliphatic heterocycles. The number of hydrogen-bond donors (Lipinski definition) is 5. The van der Waals surface area contributed by atoms with Crippen molar-refractivity contribution in [1.82, 2.24) is 0 Å². The van der Waals surface area contributed by atoms with Crippen molar-refractivity contribution in [2.75, 3.05) is 0 Å². The number of unbranched alkanes of at least 4 members (excludes halogenated alkanes) is 1. The number of hydrogen-bond acceptors (Lipinski definition) is 6. The second-order valence-electron chi connectivity index (χ2n) is 4.07. The Hall–Kier alpha value is -3.10. The minimum Gasteiger partial charge on any atom is -0.507 e. The molecule has 0 aliphatic rings. The molecule has 0 spiro atoms. The van der Waals surface area contributed by atoms with Crippen molar-refractivity contribution in [3.63, 3.8) is 0 Å². The number of aromatic hydroxyl groups is 2. The zero-order chi connectivity index (χ0) is 18.4. The molecule has 0 saturated carbocycles. The lowest BCUT2D eigenvalue weighted by molar-refractivity contribution is -0.134. The van der Waals surface area contributed by atoms with Crippen LogP contribution in [0.2, 0.25) is 0 Å². The van der Waals surface area contributed by atoms with Crippen LogP contribution >= 0.6 is 0 Å². The average Bonchev–Trinajstić information content (AvgIpc) is 2.37. The van der Waals surface area contributed by atoms with Gasteiger partial charge in [-0.15, -0.1) is 0 Å². The number of phenolic OH excluding ortho intramolecular Hbond substituents is 2. The van der Waals surface area contributed by atoms with Gasteiger partial charge in [-0.1, -0.05) is 6.07 Å². The topological polar surface area (TPSA) is 181 Å². The van der Waals surface area contributed by atoms with Crippen LogP contribution in [0.3, 0.4) is 0 Å². The average molecular weight is 328 g/mol. The first-order valence-corrected chi connectivity index (χ1v) is 6.35. The molecule has 0 bridgehead atoms. The third-order valence-corrected chi connectivity index (χ3v) is 2.03. The maximum atomic E-state index is 11.5. The molecule has 128 valence electrons. The molecule has 0 unspecified atom stereocenters. The van der Waals surface area contributed by atoms with Gasteiger partial charge in [-0.25, -0.2) is 4.79 Å². The van der Waals surface area contributed by atoms with Crippen LogP contribution in [-0.2, 0) is 9.59 Å². The Labute approximate surface area is 132 Å². The Morgan fingerprint density at radius 3 is 1.87 bits per heavy atom. The number of urea groups is 1. The van der Waals surface area contributed by atoms with Gasteiger partial charge in [-0.3, -0.25) is 9.59 Å². The van der Waals surface area contributed by atoms with Crippen molar-refractivity contribution in [2.24, 2.45) is 11.5 Å². The first kappa shape index (κ1) is 22.2. The Morgan fingerprint density at radius 1 is 1.13 bits per heavy atom. The molecule has 1 rings (SSSR count). The minimum absolute atomic E-state index is 0.0663. The summed E-state index contributed by atoms with van der Waals surface area (Å²) in [5.41, 5.74) is 8.43. The number of Topliss-reactive ketones (excluding diaryl/α,β-unsaturated/α-hetero) is 1. The normalized spacial score (nSPS) is 8.57. The standard InChI is InChI=1S/C11H12O4.C2H4O2.CH4N2O/c12-7-2-1-4-8(13)11-9(14)5-3-6-10(11)15;1-2(3)4;2-1(3)4/h3,5-7,14-15H,1-2,4H2;1H3,(H,3,4);(H4,2,3,4). The number of primary amides is 2. The molecule has 0 atom stereocenters. The summed E-state index contributed by atoms with van der Waals surface area (Å²) in [5, 5.41) is 26.2. The molecular weight excluding hydrogens is 308 g/mol. The Kier molecular flexibility index (Phi) is 12.2. The van der Waals surface area contributed by atoms with E-state index in [1.54, 1.807) is 0 Å². The number of nitrogens with two attached hydrogens (primary N) is 2. The molecule has 1 aromatic rings. The van der Waals surface area contributed by atoms with Crippen molar-refractivity contribution in [3.8, 4) is 11.5 Å². The first-order chi connectivity index (χ1) is 10.6. The summed E-state index contributed by atoms with van der Waals surface area (Å²) in [5.74, 6) is -1.65. The van der Waals surface area contributed by atoms with E-state index in [0.29, 0.717) is 12.8 Å². The molecule has 2 amide bonds. The van der Waals surface area contributed by atoms with Crippen LogP contribution < -0.4 is 11.5 Å². The second kappa shape index (κ2) is 12.6. The van der Waals surface area contributed by atoms with E-state index in [9.17, 15) is 19.8 Å². The van der Waals surface area contributed by atoms with Gasteiger partial charge in [-0.2, -0.15) is 0 Å². The number of rotatable bonds is 5. The number of aldehydes is 1. The van der Waals surface area contributed by atoms with Crippen LogP contribution in [0.15, 0.2) is 18.2 Å². The van der Waals surface area contributed by atoms with Gasteiger partial charge in [0.05, 0.1) is 0 Å². The van der Waals surface area contributed by atoms with Gasteiger partial charge in [-0.05, 0) is 18.6 Å². The Balaban J connectivity index is 0. The predicted molar refractivity (Wildman–Crippen MR) is 81.1 cm³/mol. The van der Waals surface area contributed by atoms with Crippen LogP contribution in [-0.4, -0.2) is 39.4 Å². The molecule has 1 aromatic carbocycles. The largest absolute Gasteiger partial charge is 0.507 e. The van der Waals surface area contributed by atoms with Crippen LogP contribution in [0.4, 0.5) is 4.79 Å². The maximum absolute atomic E-state index is 11.5. The number of carbonyl (C=O) groups is 4. The van der Waals surface area contributed by atoms with Crippen molar-refractivity contribution in [3.05, 3.63) is 23.8 Å². The molecule has 9 heteroatoms. The van der Waals surface area contributed by atoms with Crippen molar-refractivity contribution >= 4 is 24.1 Å². The lowest BCUT2D eigenvalue weighted by Crippen LogP contribution is -2.18. The van der Waals surface area contributed by atoms with E-state index in [2.05, 4.69) is 11.5 Å². The summed E-state index contributed by atoms with van der Waals surface area (Å²) >= 11 is 0. The zero-order valence-electron chi connectivity index (χ0n) is 12.6. The summed E-state index contributed by atoms with van der Waals surface area (Å²) in [4.78, 5) is 39.6. The van der Waals surface area contributed by atoms with Crippen LogP contribution in [0.5, 0.6) is 11.5 Å². The Morgan fingerprint density at radius 2 is 1.52 bits per heavy atom. The fraction of sp³-hybridized carbons (Fsp3) is 0.286. The highest BCUT2D eigenvalue weighted by molar-refractivity contribution is 6.01. The monoisotopic (exact) mass is 328 g/mol. The van der Waals surface area contributed by atoms with Crippen molar-refractivity contribution < 1.29 is 34.5 Å². The predicted octanol–water partition coefficient (Wildman–Crippen LogP) is 0.764. The quantitative estimate of drug-likeness (QED) is 0.300. The summed E-state index contributed by atoms with van der Waals surface area (Å²) in [6, 6.07) is 3.30. The lowest BCUT2D eigenvalue weighted by atomic mass is 10.0. The van der Waals surface area contributed by atoms with Gasteiger partial charge in [0.15, 0.2) is 5.78 Å². The van der Waals surface area contributed by atoms with Gasteiger partial charge in [0.1, 0.15) is 23.3 Å². The van der Waals surface area contributed by atoms with Crippen LogP contribution in [0, 0.1) is 0 Å². The molecule has 0 saturated heterocycles.